The molecule has 2 aliphatic heterocycles. The van der Waals surface area contributed by atoms with Crippen LogP contribution in [0.1, 0.15) is 60.6 Å². The van der Waals surface area contributed by atoms with E-state index in [0.29, 0.717) is 23.6 Å². The number of phenolic OH excluding ortho intramolecular Hbond substituents is 1. The highest BCUT2D eigenvalue weighted by atomic mass is 16.5. The van der Waals surface area contributed by atoms with Gasteiger partial charge in [0, 0.05) is 34.5 Å². The fourth-order valence-corrected chi connectivity index (χ4v) is 8.09. The molecule has 0 amide bonds. The highest BCUT2D eigenvalue weighted by molar-refractivity contribution is 5.86. The van der Waals surface area contributed by atoms with E-state index in [9.17, 15) is 5.11 Å². The van der Waals surface area contributed by atoms with Crippen LogP contribution in [0.15, 0.2) is 36.4 Å². The minimum absolute atomic E-state index is 0.0241. The summed E-state index contributed by atoms with van der Waals surface area (Å²) < 4.78 is 6.74. The molecule has 2 fully saturated rings. The Labute approximate surface area is 182 Å². The van der Waals surface area contributed by atoms with E-state index in [2.05, 4.69) is 47.1 Å². The number of hydrogen-bond donors (Lipinski definition) is 2. The van der Waals surface area contributed by atoms with Crippen LogP contribution < -0.4 is 4.74 Å². The van der Waals surface area contributed by atoms with Gasteiger partial charge in [-0.15, -0.1) is 0 Å². The molecule has 0 unspecified atom stereocenters. The number of likely N-dealkylation sites (tertiary alicyclic amines) is 1. The minimum Gasteiger partial charge on any atom is -0.504 e. The van der Waals surface area contributed by atoms with Gasteiger partial charge in [0.2, 0.25) is 0 Å². The topological polar surface area (TPSA) is 48.5 Å². The number of nitrogens with one attached hydrogen (secondary N) is 1. The molecule has 4 heteroatoms. The van der Waals surface area contributed by atoms with Crippen LogP contribution in [-0.2, 0) is 11.8 Å². The third kappa shape index (κ3) is 1.93. The fraction of sp³-hybridized carbons (Fsp3) is 0.481. The van der Waals surface area contributed by atoms with Crippen LogP contribution in [0.2, 0.25) is 0 Å². The zero-order chi connectivity index (χ0) is 20.5. The summed E-state index contributed by atoms with van der Waals surface area (Å²) in [7, 11) is 0. The van der Waals surface area contributed by atoms with Crippen molar-refractivity contribution in [3.05, 3.63) is 58.8 Å². The lowest BCUT2D eigenvalue weighted by Crippen LogP contribution is -2.64. The molecule has 1 aromatic heterocycles. The zero-order valence-electron chi connectivity index (χ0n) is 17.9. The molecule has 3 heterocycles. The Balaban J connectivity index is 1.42. The number of ether oxygens (including phenoxy) is 1. The van der Waals surface area contributed by atoms with E-state index in [1.165, 1.54) is 52.7 Å². The van der Waals surface area contributed by atoms with Crippen molar-refractivity contribution in [3.63, 3.8) is 0 Å². The lowest BCUT2D eigenvalue weighted by molar-refractivity contribution is -0.0480. The standard InChI is InChI=1S/C27H28N2O2/c1-14-21-17-4-2-3-5-18(17)28-24(21)26-27-10-11-29(13-15-6-7-15)19(22(14)27)12-16-8-9-20(30)25(31-26)23(16)27/h2-5,8-9,14-15,19,22,26,28,30H,6-7,10-13H2,1H3/t14-,19+,22-,26-,27-/m0/s1. The third-order valence-corrected chi connectivity index (χ3v) is 9.33. The van der Waals surface area contributed by atoms with Crippen molar-refractivity contribution in [2.75, 3.05) is 13.1 Å². The highest BCUT2D eigenvalue weighted by Gasteiger charge is 2.67. The van der Waals surface area contributed by atoms with E-state index in [1.54, 1.807) is 0 Å². The van der Waals surface area contributed by atoms with Crippen molar-refractivity contribution >= 4 is 10.9 Å². The Bertz CT molecular complexity index is 1260. The van der Waals surface area contributed by atoms with Crippen molar-refractivity contribution in [3.8, 4) is 11.5 Å². The molecular weight excluding hydrogens is 384 g/mol. The van der Waals surface area contributed by atoms with Crippen molar-refractivity contribution in [2.24, 2.45) is 11.8 Å². The first-order valence-electron chi connectivity index (χ1n) is 12.0. The number of phenols is 1. The van der Waals surface area contributed by atoms with Crippen molar-refractivity contribution in [1.29, 1.82) is 0 Å². The number of fused-ring (bicyclic) bond motifs is 4. The number of H-pyrrole nitrogens is 1. The predicted octanol–water partition coefficient (Wildman–Crippen LogP) is 5.02. The molecule has 1 spiro atoms. The summed E-state index contributed by atoms with van der Waals surface area (Å²) in [5.41, 5.74) is 6.63. The average molecular weight is 413 g/mol. The molecule has 0 radical (unpaired) electrons. The Hall–Kier alpha value is -2.46. The van der Waals surface area contributed by atoms with E-state index in [1.807, 2.05) is 6.07 Å². The largest absolute Gasteiger partial charge is 0.504 e. The normalized spacial score (nSPS) is 35.0. The van der Waals surface area contributed by atoms with Crippen molar-refractivity contribution in [2.45, 2.75) is 56.1 Å². The molecule has 3 aliphatic carbocycles. The fourth-order valence-electron chi connectivity index (χ4n) is 8.09. The van der Waals surface area contributed by atoms with Gasteiger partial charge in [0.15, 0.2) is 11.5 Å². The second-order valence-electron chi connectivity index (χ2n) is 10.8. The lowest BCUT2D eigenvalue weighted by atomic mass is 9.49. The molecule has 8 rings (SSSR count). The van der Waals surface area contributed by atoms with Gasteiger partial charge in [-0.2, -0.15) is 0 Å². The molecule has 2 N–H and O–H groups in total. The van der Waals surface area contributed by atoms with Gasteiger partial charge in [0.1, 0.15) is 6.10 Å². The van der Waals surface area contributed by atoms with Gasteiger partial charge in [0.05, 0.1) is 5.69 Å². The zero-order valence-corrected chi connectivity index (χ0v) is 17.9. The number of aromatic amines is 1. The molecule has 1 saturated heterocycles. The summed E-state index contributed by atoms with van der Waals surface area (Å²) in [5, 5.41) is 12.1. The Morgan fingerprint density at radius 2 is 2.06 bits per heavy atom. The van der Waals surface area contributed by atoms with E-state index >= 15 is 0 Å². The van der Waals surface area contributed by atoms with E-state index in [0.717, 1.165) is 31.1 Å². The summed E-state index contributed by atoms with van der Waals surface area (Å²) in [6.07, 6.45) is 4.99. The SMILES string of the molecule is C[C@H]1c2c([nH]c3ccccc23)[C@@H]2Oc3c(O)ccc4c3[C@@]23CCN(CC2CC2)[C@H](C4)[C@H]13. The highest BCUT2D eigenvalue weighted by Crippen LogP contribution is 2.70. The van der Waals surface area contributed by atoms with Gasteiger partial charge >= 0.3 is 0 Å². The number of para-hydroxylation sites is 1. The number of nitrogens with zero attached hydrogens (tertiary/aromatic N) is 1. The molecule has 5 atom stereocenters. The second kappa shape index (κ2) is 5.47. The molecule has 2 bridgehead atoms. The molecule has 158 valence electrons. The number of hydrogen-bond acceptors (Lipinski definition) is 3. The number of piperidine rings is 1. The Morgan fingerprint density at radius 3 is 2.94 bits per heavy atom. The first kappa shape index (κ1) is 17.1. The molecule has 31 heavy (non-hydrogen) atoms. The van der Waals surface area contributed by atoms with Gasteiger partial charge in [-0.1, -0.05) is 31.2 Å². The summed E-state index contributed by atoms with van der Waals surface area (Å²) in [4.78, 5) is 6.60. The monoisotopic (exact) mass is 412 g/mol. The van der Waals surface area contributed by atoms with Gasteiger partial charge in [-0.3, -0.25) is 4.90 Å². The number of aromatic nitrogens is 1. The van der Waals surface area contributed by atoms with Crippen LogP contribution in [0.5, 0.6) is 11.5 Å². The quantitative estimate of drug-likeness (QED) is 0.621. The van der Waals surface area contributed by atoms with Crippen LogP contribution in [-0.4, -0.2) is 34.1 Å². The summed E-state index contributed by atoms with van der Waals surface area (Å²) in [6, 6.07) is 13.3. The van der Waals surface area contributed by atoms with Crippen LogP contribution in [0.3, 0.4) is 0 Å². The van der Waals surface area contributed by atoms with Gasteiger partial charge in [-0.25, -0.2) is 0 Å². The summed E-state index contributed by atoms with van der Waals surface area (Å²) in [5.74, 6) is 2.96. The van der Waals surface area contributed by atoms with Crippen LogP contribution in [0.4, 0.5) is 0 Å². The molecule has 3 aromatic rings. The maximum atomic E-state index is 10.8. The Morgan fingerprint density at radius 1 is 1.19 bits per heavy atom. The van der Waals surface area contributed by atoms with Crippen LogP contribution >= 0.6 is 0 Å². The molecule has 5 aliphatic rings. The van der Waals surface area contributed by atoms with Crippen molar-refractivity contribution in [1.82, 2.24) is 9.88 Å². The number of rotatable bonds is 2. The van der Waals surface area contributed by atoms with Crippen LogP contribution in [0, 0.1) is 11.8 Å². The van der Waals surface area contributed by atoms with Crippen molar-refractivity contribution < 1.29 is 9.84 Å². The first-order chi connectivity index (χ1) is 15.2. The van der Waals surface area contributed by atoms with E-state index < -0.39 is 0 Å². The van der Waals surface area contributed by atoms with Crippen LogP contribution in [0.25, 0.3) is 10.9 Å². The summed E-state index contributed by atoms with van der Waals surface area (Å²) in [6.45, 7) is 4.87. The molecule has 4 nitrogen and oxygen atoms in total. The third-order valence-electron chi connectivity index (χ3n) is 9.33. The molecular formula is C27H28N2O2. The van der Waals surface area contributed by atoms with Gasteiger partial charge in [-0.05, 0) is 73.2 Å². The number of benzene rings is 2. The first-order valence-corrected chi connectivity index (χ1v) is 12.0. The Kier molecular flexibility index (Phi) is 3.03. The minimum atomic E-state index is -0.0281. The van der Waals surface area contributed by atoms with E-state index in [4.69, 9.17) is 4.74 Å². The smallest absolute Gasteiger partial charge is 0.166 e. The predicted molar refractivity (Wildman–Crippen MR) is 120 cm³/mol. The molecule has 1 saturated carbocycles. The summed E-state index contributed by atoms with van der Waals surface area (Å²) >= 11 is 0. The molecule has 2 aromatic carbocycles. The average Bonchev–Trinajstić information content (AvgIpc) is 3.40. The maximum absolute atomic E-state index is 10.8. The van der Waals surface area contributed by atoms with Gasteiger partial charge < -0.3 is 14.8 Å². The number of aromatic hydroxyl groups is 1. The van der Waals surface area contributed by atoms with E-state index in [-0.39, 0.29) is 11.5 Å². The maximum Gasteiger partial charge on any atom is 0.166 e. The van der Waals surface area contributed by atoms with Gasteiger partial charge in [0.25, 0.3) is 0 Å². The lowest BCUT2D eigenvalue weighted by Gasteiger charge is -2.60. The second-order valence-corrected chi connectivity index (χ2v) is 10.8.